The van der Waals surface area contributed by atoms with Crippen LogP contribution in [0.25, 0.3) is 0 Å². The number of rotatable bonds is 6. The van der Waals surface area contributed by atoms with Gasteiger partial charge in [-0.15, -0.1) is 0 Å². The molecule has 1 aromatic rings. The van der Waals surface area contributed by atoms with Crippen molar-refractivity contribution in [2.24, 2.45) is 0 Å². The van der Waals surface area contributed by atoms with Crippen LogP contribution in [0.4, 0.5) is 5.69 Å². The first kappa shape index (κ1) is 19.0. The zero-order chi connectivity index (χ0) is 18.4. The van der Waals surface area contributed by atoms with E-state index in [1.807, 2.05) is 12.1 Å². The molecule has 1 aromatic carbocycles. The van der Waals surface area contributed by atoms with E-state index in [0.717, 1.165) is 19.1 Å². The van der Waals surface area contributed by atoms with E-state index in [1.165, 1.54) is 50.1 Å². The zero-order valence-electron chi connectivity index (χ0n) is 16.1. The number of nitrogens with one attached hydrogen (secondary N) is 3. The third-order valence-electron chi connectivity index (χ3n) is 5.86. The smallest absolute Gasteiger partial charge is 0.279 e. The molecule has 2 saturated heterocycles. The van der Waals surface area contributed by atoms with Gasteiger partial charge in [-0.05, 0) is 31.4 Å². The van der Waals surface area contributed by atoms with E-state index >= 15 is 0 Å². The van der Waals surface area contributed by atoms with E-state index in [9.17, 15) is 4.79 Å². The Balaban J connectivity index is 1.48. The number of amides is 1. The molecule has 2 aliphatic heterocycles. The summed E-state index contributed by atoms with van der Waals surface area (Å²) in [5.74, 6) is 1.40. The maximum absolute atomic E-state index is 12.5. The second-order valence-electron chi connectivity index (χ2n) is 7.53. The van der Waals surface area contributed by atoms with E-state index in [-0.39, 0.29) is 5.91 Å². The summed E-state index contributed by atoms with van der Waals surface area (Å²) in [5, 5.41) is 2.99. The van der Waals surface area contributed by atoms with Gasteiger partial charge in [0.25, 0.3) is 5.91 Å². The van der Waals surface area contributed by atoms with Crippen molar-refractivity contribution < 1.29 is 24.1 Å². The SMILES string of the molecule is COc1ccc(OC)c(NC(=O)C[NH+]2CCC([NH+]3CCCCC3)CC2)c1. The molecule has 0 unspecified atom stereocenters. The van der Waals surface area contributed by atoms with Crippen LogP contribution in [0.15, 0.2) is 18.2 Å². The Labute approximate surface area is 156 Å². The average molecular weight is 364 g/mol. The average Bonchev–Trinajstić information content (AvgIpc) is 2.69. The summed E-state index contributed by atoms with van der Waals surface area (Å²) in [7, 11) is 3.22. The van der Waals surface area contributed by atoms with Gasteiger partial charge in [-0.2, -0.15) is 0 Å². The van der Waals surface area contributed by atoms with Crippen LogP contribution in [0.1, 0.15) is 32.1 Å². The van der Waals surface area contributed by atoms with Gasteiger partial charge < -0.3 is 24.6 Å². The normalized spacial score (nSPS) is 24.1. The van der Waals surface area contributed by atoms with E-state index in [1.54, 1.807) is 25.2 Å². The molecule has 2 aliphatic rings. The molecule has 2 fully saturated rings. The second kappa shape index (κ2) is 9.24. The molecule has 0 aliphatic carbocycles. The van der Waals surface area contributed by atoms with Crippen LogP contribution in [0.3, 0.4) is 0 Å². The molecule has 0 spiro atoms. The van der Waals surface area contributed by atoms with Crippen LogP contribution in [0.5, 0.6) is 11.5 Å². The van der Waals surface area contributed by atoms with Crippen molar-refractivity contribution in [1.29, 1.82) is 0 Å². The number of ether oxygens (including phenoxy) is 2. The molecule has 2 heterocycles. The quantitative estimate of drug-likeness (QED) is 0.654. The molecule has 0 radical (unpaired) electrons. The standard InChI is InChI=1S/C20H31N3O3/c1-25-17-6-7-19(26-2)18(14-17)21-20(24)15-22-12-8-16(9-13-22)23-10-4-3-5-11-23/h6-7,14,16H,3-5,8-13,15H2,1-2H3,(H,21,24)/p+2. The minimum absolute atomic E-state index is 0.0373. The predicted octanol–water partition coefficient (Wildman–Crippen LogP) is -0.242. The molecule has 1 amide bonds. The Bertz CT molecular complexity index is 594. The summed E-state index contributed by atoms with van der Waals surface area (Å²) in [6.07, 6.45) is 6.64. The van der Waals surface area contributed by atoms with Crippen molar-refractivity contribution in [3.8, 4) is 11.5 Å². The molecule has 3 N–H and O–H groups in total. The highest BCUT2D eigenvalue weighted by atomic mass is 16.5. The molecule has 26 heavy (non-hydrogen) atoms. The fourth-order valence-electron chi connectivity index (χ4n) is 4.36. The van der Waals surface area contributed by atoms with Crippen molar-refractivity contribution in [2.45, 2.75) is 38.1 Å². The van der Waals surface area contributed by atoms with Crippen LogP contribution in [0.2, 0.25) is 0 Å². The Morgan fingerprint density at radius 1 is 1.08 bits per heavy atom. The highest BCUT2D eigenvalue weighted by Gasteiger charge is 2.31. The number of quaternary nitrogens is 2. The molecule has 6 nitrogen and oxygen atoms in total. The van der Waals surface area contributed by atoms with Crippen LogP contribution in [0, 0.1) is 0 Å². The minimum Gasteiger partial charge on any atom is -0.497 e. The van der Waals surface area contributed by atoms with Crippen molar-refractivity contribution in [3.63, 3.8) is 0 Å². The number of anilines is 1. The summed E-state index contributed by atoms with van der Waals surface area (Å²) in [6, 6.07) is 6.25. The van der Waals surface area contributed by atoms with Gasteiger partial charge in [0.15, 0.2) is 6.54 Å². The number of hydrogen-bond donors (Lipinski definition) is 3. The fourth-order valence-corrected chi connectivity index (χ4v) is 4.36. The van der Waals surface area contributed by atoms with E-state index < -0.39 is 0 Å². The van der Waals surface area contributed by atoms with Crippen LogP contribution >= 0.6 is 0 Å². The number of hydrogen-bond acceptors (Lipinski definition) is 3. The number of carbonyl (C=O) groups is 1. The van der Waals surface area contributed by atoms with Gasteiger partial charge in [-0.3, -0.25) is 4.79 Å². The maximum Gasteiger partial charge on any atom is 0.279 e. The number of carbonyl (C=O) groups excluding carboxylic acids is 1. The van der Waals surface area contributed by atoms with Gasteiger partial charge in [0.2, 0.25) is 0 Å². The van der Waals surface area contributed by atoms with Gasteiger partial charge in [-0.1, -0.05) is 0 Å². The third-order valence-corrected chi connectivity index (χ3v) is 5.86. The van der Waals surface area contributed by atoms with Crippen LogP contribution in [-0.2, 0) is 4.79 Å². The van der Waals surface area contributed by atoms with Gasteiger partial charge in [0.1, 0.15) is 11.5 Å². The Hall–Kier alpha value is -1.79. The Morgan fingerprint density at radius 2 is 1.81 bits per heavy atom. The predicted molar refractivity (Wildman–Crippen MR) is 101 cm³/mol. The molecule has 0 atom stereocenters. The van der Waals surface area contributed by atoms with Crippen molar-refractivity contribution >= 4 is 11.6 Å². The van der Waals surface area contributed by atoms with Gasteiger partial charge >= 0.3 is 0 Å². The molecular weight excluding hydrogens is 330 g/mol. The molecular formula is C20H33N3O3+2. The molecule has 0 aromatic heterocycles. The summed E-state index contributed by atoms with van der Waals surface area (Å²) < 4.78 is 10.6. The lowest BCUT2D eigenvalue weighted by atomic mass is 10.00. The monoisotopic (exact) mass is 363 g/mol. The zero-order valence-corrected chi connectivity index (χ0v) is 16.1. The fraction of sp³-hybridized carbons (Fsp3) is 0.650. The number of benzene rings is 1. The molecule has 3 rings (SSSR count). The maximum atomic E-state index is 12.5. The number of methoxy groups -OCH3 is 2. The van der Waals surface area contributed by atoms with Gasteiger partial charge in [0, 0.05) is 18.9 Å². The van der Waals surface area contributed by atoms with Crippen LogP contribution in [-0.4, -0.2) is 58.9 Å². The highest BCUT2D eigenvalue weighted by molar-refractivity contribution is 5.93. The van der Waals surface area contributed by atoms with E-state index in [4.69, 9.17) is 9.47 Å². The second-order valence-corrected chi connectivity index (χ2v) is 7.53. The largest absolute Gasteiger partial charge is 0.497 e. The van der Waals surface area contributed by atoms with Crippen molar-refractivity contribution in [3.05, 3.63) is 18.2 Å². The summed E-state index contributed by atoms with van der Waals surface area (Å²) in [4.78, 5) is 15.7. The number of piperidine rings is 2. The molecule has 0 bridgehead atoms. The highest BCUT2D eigenvalue weighted by Crippen LogP contribution is 2.28. The molecule has 6 heteroatoms. The third kappa shape index (κ3) is 4.89. The Kier molecular flexibility index (Phi) is 6.74. The van der Waals surface area contributed by atoms with Gasteiger partial charge in [0.05, 0.1) is 52.1 Å². The number of likely N-dealkylation sites (tertiary alicyclic amines) is 2. The van der Waals surface area contributed by atoms with Crippen molar-refractivity contribution in [2.75, 3.05) is 52.3 Å². The van der Waals surface area contributed by atoms with Crippen LogP contribution < -0.4 is 24.6 Å². The summed E-state index contributed by atoms with van der Waals surface area (Å²) >= 11 is 0. The lowest BCUT2D eigenvalue weighted by molar-refractivity contribution is -0.958. The molecule has 0 saturated carbocycles. The first-order chi connectivity index (χ1) is 12.7. The van der Waals surface area contributed by atoms with Gasteiger partial charge in [-0.25, -0.2) is 0 Å². The summed E-state index contributed by atoms with van der Waals surface area (Å²) in [6.45, 7) is 5.39. The topological polar surface area (TPSA) is 56.4 Å². The molecule has 144 valence electrons. The van der Waals surface area contributed by atoms with Crippen molar-refractivity contribution in [1.82, 2.24) is 0 Å². The van der Waals surface area contributed by atoms with E-state index in [0.29, 0.717) is 23.7 Å². The van der Waals surface area contributed by atoms with E-state index in [2.05, 4.69) is 5.32 Å². The lowest BCUT2D eigenvalue weighted by Crippen LogP contribution is -3.21. The summed E-state index contributed by atoms with van der Waals surface area (Å²) in [5.41, 5.74) is 0.670. The minimum atomic E-state index is 0.0373. The first-order valence-electron chi connectivity index (χ1n) is 9.89. The Morgan fingerprint density at radius 3 is 2.46 bits per heavy atom. The lowest BCUT2D eigenvalue weighted by Gasteiger charge is -2.35. The first-order valence-corrected chi connectivity index (χ1v) is 9.89.